The number of carboxylic acids is 1. The number of non-ortho nitro benzene ring substituents is 1. The Labute approximate surface area is 218 Å². The molecule has 0 atom stereocenters. The van der Waals surface area contributed by atoms with Gasteiger partial charge in [0.1, 0.15) is 12.4 Å². The number of likely N-dealkylation sites (N-methyl/N-ethyl adjacent to an activating group) is 1. The zero-order valence-corrected chi connectivity index (χ0v) is 21.2. The van der Waals surface area contributed by atoms with Crippen LogP contribution in [0.2, 0.25) is 0 Å². The van der Waals surface area contributed by atoms with Crippen molar-refractivity contribution in [1.29, 1.82) is 0 Å². The van der Waals surface area contributed by atoms with E-state index in [0.717, 1.165) is 11.1 Å². The van der Waals surface area contributed by atoms with Gasteiger partial charge in [-0.3, -0.25) is 19.8 Å². The number of thioether (sulfide) groups is 1. The monoisotopic (exact) mass is 567 g/mol. The molecule has 0 spiro atoms. The first-order valence-electron chi connectivity index (χ1n) is 10.5. The lowest BCUT2D eigenvalue weighted by molar-refractivity contribution is -0.384. The predicted molar refractivity (Wildman–Crippen MR) is 140 cm³/mol. The van der Waals surface area contributed by atoms with Crippen molar-refractivity contribution in [3.63, 3.8) is 0 Å². The Kier molecular flexibility index (Phi) is 7.51. The number of ether oxygens (including phenoxy) is 1. The number of hydrogen-bond donors (Lipinski definition) is 1. The van der Waals surface area contributed by atoms with Crippen molar-refractivity contribution < 1.29 is 24.4 Å². The predicted octanol–water partition coefficient (Wildman–Crippen LogP) is 5.87. The van der Waals surface area contributed by atoms with Gasteiger partial charge in [0.05, 0.1) is 25.6 Å². The third-order valence-corrected chi connectivity index (χ3v) is 6.80. The molecule has 3 aromatic carbocycles. The smallest absolute Gasteiger partial charge is 0.335 e. The molecule has 182 valence electrons. The Bertz CT molecular complexity index is 1420. The first-order valence-corrected chi connectivity index (χ1v) is 12.1. The largest absolute Gasteiger partial charge is 0.488 e. The van der Waals surface area contributed by atoms with Gasteiger partial charge in [-0.15, -0.1) is 0 Å². The van der Waals surface area contributed by atoms with Crippen LogP contribution < -0.4 is 4.74 Å². The van der Waals surface area contributed by atoms with Gasteiger partial charge in [-0.1, -0.05) is 12.1 Å². The second-order valence-electron chi connectivity index (χ2n) is 7.63. The summed E-state index contributed by atoms with van der Waals surface area (Å²) in [7, 11) is 1.61. The van der Waals surface area contributed by atoms with Crippen LogP contribution in [0, 0.1) is 10.1 Å². The minimum atomic E-state index is -1.05. The van der Waals surface area contributed by atoms with Crippen LogP contribution >= 0.6 is 27.7 Å². The summed E-state index contributed by atoms with van der Waals surface area (Å²) in [5.41, 5.74) is 2.13. The molecule has 36 heavy (non-hydrogen) atoms. The topological polar surface area (TPSA) is 122 Å². The van der Waals surface area contributed by atoms with Crippen LogP contribution in [0.5, 0.6) is 5.75 Å². The fourth-order valence-corrected chi connectivity index (χ4v) is 4.72. The first-order chi connectivity index (χ1) is 17.2. The van der Waals surface area contributed by atoms with Gasteiger partial charge in [0, 0.05) is 19.2 Å². The molecule has 1 aliphatic heterocycles. The number of aromatic carboxylic acids is 1. The number of nitro benzene ring substituents is 1. The van der Waals surface area contributed by atoms with Gasteiger partial charge in [-0.25, -0.2) is 9.79 Å². The van der Waals surface area contributed by atoms with Crippen molar-refractivity contribution >= 4 is 62.2 Å². The number of amides is 1. The summed E-state index contributed by atoms with van der Waals surface area (Å²) in [6, 6.07) is 17.7. The van der Waals surface area contributed by atoms with E-state index in [1.807, 2.05) is 12.1 Å². The molecule has 0 aromatic heterocycles. The van der Waals surface area contributed by atoms with Gasteiger partial charge in [0.15, 0.2) is 5.17 Å². The third-order valence-electron chi connectivity index (χ3n) is 5.12. The average Bonchev–Trinajstić information content (AvgIpc) is 3.11. The van der Waals surface area contributed by atoms with E-state index in [1.165, 1.54) is 40.9 Å². The molecule has 3 aromatic rings. The van der Waals surface area contributed by atoms with E-state index in [1.54, 1.807) is 43.5 Å². The van der Waals surface area contributed by atoms with E-state index in [-0.39, 0.29) is 23.8 Å². The number of amidine groups is 1. The lowest BCUT2D eigenvalue weighted by Crippen LogP contribution is -2.23. The van der Waals surface area contributed by atoms with Gasteiger partial charge in [-0.2, -0.15) is 0 Å². The Hall–Kier alpha value is -3.96. The maximum absolute atomic E-state index is 12.7. The van der Waals surface area contributed by atoms with E-state index >= 15 is 0 Å². The summed E-state index contributed by atoms with van der Waals surface area (Å²) < 4.78 is 6.50. The lowest BCUT2D eigenvalue weighted by Gasteiger charge is -2.09. The quantitative estimate of drug-likeness (QED) is 0.215. The maximum atomic E-state index is 12.7. The van der Waals surface area contributed by atoms with Crippen LogP contribution in [0.4, 0.5) is 11.4 Å². The van der Waals surface area contributed by atoms with Gasteiger partial charge >= 0.3 is 5.97 Å². The van der Waals surface area contributed by atoms with Crippen LogP contribution in [-0.4, -0.2) is 39.0 Å². The highest BCUT2D eigenvalue weighted by Gasteiger charge is 2.30. The van der Waals surface area contributed by atoms with Crippen LogP contribution in [0.25, 0.3) is 6.08 Å². The van der Waals surface area contributed by atoms with Crippen molar-refractivity contribution in [1.82, 2.24) is 4.90 Å². The first kappa shape index (κ1) is 25.1. The average molecular weight is 568 g/mol. The fraction of sp³-hybridized carbons (Fsp3) is 0.0800. The van der Waals surface area contributed by atoms with Crippen molar-refractivity contribution in [2.24, 2.45) is 4.99 Å². The molecular formula is C25H18BrN3O6S. The normalized spacial score (nSPS) is 15.5. The number of rotatable bonds is 7. The van der Waals surface area contributed by atoms with Crippen LogP contribution in [0.3, 0.4) is 0 Å². The number of hydrogen-bond acceptors (Lipinski definition) is 7. The Balaban J connectivity index is 1.47. The Morgan fingerprint density at radius 1 is 1.19 bits per heavy atom. The number of halogens is 1. The summed E-state index contributed by atoms with van der Waals surface area (Å²) in [6.07, 6.45) is 1.74. The van der Waals surface area contributed by atoms with Crippen LogP contribution in [0.1, 0.15) is 21.5 Å². The molecule has 9 nitrogen and oxygen atoms in total. The standard InChI is InChI=1S/C25H18BrN3O6S/c1-28-23(30)22(36-25(28)27-18-4-2-3-17(13-18)24(31)32)12-16-7-10-21(20(26)11-16)35-14-15-5-8-19(9-6-15)29(33)34/h2-13H,14H2,1H3,(H,31,32). The van der Waals surface area contributed by atoms with Gasteiger partial charge in [0.25, 0.3) is 11.6 Å². The number of nitrogens with zero attached hydrogens (tertiary/aromatic N) is 3. The zero-order valence-electron chi connectivity index (χ0n) is 18.8. The van der Waals surface area contributed by atoms with Gasteiger partial charge < -0.3 is 9.84 Å². The molecule has 0 radical (unpaired) electrons. The van der Waals surface area contributed by atoms with Crippen LogP contribution in [-0.2, 0) is 11.4 Å². The Morgan fingerprint density at radius 3 is 2.61 bits per heavy atom. The van der Waals surface area contributed by atoms with E-state index in [9.17, 15) is 19.7 Å². The summed E-state index contributed by atoms with van der Waals surface area (Å²) >= 11 is 4.68. The molecule has 1 amide bonds. The van der Waals surface area contributed by atoms with E-state index in [4.69, 9.17) is 9.84 Å². The molecule has 1 N–H and O–H groups in total. The molecule has 0 bridgehead atoms. The minimum absolute atomic E-state index is 0.0178. The van der Waals surface area contributed by atoms with Crippen LogP contribution in [0.15, 0.2) is 81.1 Å². The lowest BCUT2D eigenvalue weighted by atomic mass is 10.2. The second kappa shape index (κ2) is 10.8. The molecule has 0 unspecified atom stereocenters. The molecule has 1 saturated heterocycles. The van der Waals surface area contributed by atoms with Crippen molar-refractivity contribution in [2.45, 2.75) is 6.61 Å². The summed E-state index contributed by atoms with van der Waals surface area (Å²) in [4.78, 5) is 40.6. The third kappa shape index (κ3) is 5.81. The molecule has 1 heterocycles. The van der Waals surface area contributed by atoms with E-state index < -0.39 is 10.9 Å². The maximum Gasteiger partial charge on any atom is 0.335 e. The highest BCUT2D eigenvalue weighted by atomic mass is 79.9. The zero-order chi connectivity index (χ0) is 25.8. The van der Waals surface area contributed by atoms with Crippen molar-refractivity contribution in [2.75, 3.05) is 7.05 Å². The fourth-order valence-electron chi connectivity index (χ4n) is 3.22. The molecule has 4 rings (SSSR count). The number of aliphatic imine (C=N–C) groups is 1. The highest BCUT2D eigenvalue weighted by molar-refractivity contribution is 9.10. The second-order valence-corrected chi connectivity index (χ2v) is 9.49. The molecule has 11 heteroatoms. The summed E-state index contributed by atoms with van der Waals surface area (Å²) in [6.45, 7) is 0.235. The number of carbonyl (C=O) groups excluding carboxylic acids is 1. The van der Waals surface area contributed by atoms with E-state index in [0.29, 0.717) is 26.0 Å². The molecular weight excluding hydrogens is 550 g/mol. The molecule has 1 aliphatic rings. The minimum Gasteiger partial charge on any atom is -0.488 e. The van der Waals surface area contributed by atoms with Gasteiger partial charge in [0.2, 0.25) is 0 Å². The number of carbonyl (C=O) groups is 2. The van der Waals surface area contributed by atoms with Crippen molar-refractivity contribution in [3.8, 4) is 5.75 Å². The number of nitro groups is 1. The van der Waals surface area contributed by atoms with E-state index in [2.05, 4.69) is 20.9 Å². The Morgan fingerprint density at radius 2 is 1.94 bits per heavy atom. The summed E-state index contributed by atoms with van der Waals surface area (Å²) in [5.74, 6) is -0.687. The SMILES string of the molecule is CN1C(=O)C(=Cc2ccc(OCc3ccc([N+](=O)[O-])cc3)c(Br)c2)SC1=Nc1cccc(C(=O)O)c1. The molecule has 0 aliphatic carbocycles. The van der Waals surface area contributed by atoms with Crippen molar-refractivity contribution in [3.05, 3.63) is 103 Å². The number of carboxylic acid groups (broad SMARTS) is 1. The summed E-state index contributed by atoms with van der Waals surface area (Å²) in [5, 5.41) is 20.4. The van der Waals surface area contributed by atoms with Gasteiger partial charge in [-0.05, 0) is 87.4 Å². The molecule has 0 saturated carbocycles. The highest BCUT2D eigenvalue weighted by Crippen LogP contribution is 2.35. The molecule has 1 fully saturated rings. The number of benzene rings is 3.